The molecule has 2 heterocycles. The molecular weight excluding hydrogens is 314 g/mol. The Bertz CT molecular complexity index is 887. The van der Waals surface area contributed by atoms with Crippen molar-refractivity contribution in [3.63, 3.8) is 0 Å². The molecule has 1 unspecified atom stereocenters. The lowest BCUT2D eigenvalue weighted by Gasteiger charge is -2.25. The Labute approximate surface area is 146 Å². The molecule has 25 heavy (non-hydrogen) atoms. The maximum absolute atomic E-state index is 12.2. The molecule has 0 aliphatic carbocycles. The highest BCUT2D eigenvalue weighted by Gasteiger charge is 2.19. The van der Waals surface area contributed by atoms with E-state index in [0.717, 1.165) is 23.2 Å². The van der Waals surface area contributed by atoms with Crippen LogP contribution in [0.5, 0.6) is 5.75 Å². The Hall–Kier alpha value is -2.82. The lowest BCUT2D eigenvalue weighted by atomic mass is 9.97. The maximum atomic E-state index is 12.2. The number of rotatable bonds is 5. The van der Waals surface area contributed by atoms with Crippen LogP contribution in [0.1, 0.15) is 12.0 Å². The first kappa shape index (κ1) is 15.7. The maximum Gasteiger partial charge on any atom is 0.221 e. The van der Waals surface area contributed by atoms with Crippen LogP contribution in [0.25, 0.3) is 11.0 Å². The summed E-state index contributed by atoms with van der Waals surface area (Å²) in [5.74, 6) is 1.36. The first-order valence-corrected chi connectivity index (χ1v) is 8.67. The average Bonchev–Trinajstić information content (AvgIpc) is 3.08. The highest BCUT2D eigenvalue weighted by Crippen LogP contribution is 2.26. The number of carbonyl (C=O) groups is 1. The van der Waals surface area contributed by atoms with E-state index in [0.29, 0.717) is 32.0 Å². The number of imidazole rings is 1. The van der Waals surface area contributed by atoms with E-state index < -0.39 is 0 Å². The Kier molecular flexibility index (Phi) is 4.37. The monoisotopic (exact) mass is 335 g/mol. The van der Waals surface area contributed by atoms with Gasteiger partial charge in [-0.05, 0) is 30.2 Å². The molecule has 0 saturated heterocycles. The van der Waals surface area contributed by atoms with E-state index >= 15 is 0 Å². The summed E-state index contributed by atoms with van der Waals surface area (Å²) in [6.45, 7) is 1.94. The molecule has 0 saturated carbocycles. The third-order valence-electron chi connectivity index (χ3n) is 4.65. The summed E-state index contributed by atoms with van der Waals surface area (Å²) in [5.41, 5.74) is 3.24. The number of ether oxygens (including phenoxy) is 1. The molecule has 0 spiro atoms. The molecule has 128 valence electrons. The van der Waals surface area contributed by atoms with E-state index in [9.17, 15) is 4.79 Å². The largest absolute Gasteiger partial charge is 0.493 e. The number of nitrogens with one attached hydrogen (secondary N) is 1. The van der Waals surface area contributed by atoms with Gasteiger partial charge in [0.2, 0.25) is 5.91 Å². The zero-order valence-corrected chi connectivity index (χ0v) is 14.0. The van der Waals surface area contributed by atoms with Crippen LogP contribution in [0.3, 0.4) is 0 Å². The van der Waals surface area contributed by atoms with Crippen molar-refractivity contribution in [2.75, 3.05) is 13.2 Å². The van der Waals surface area contributed by atoms with Crippen molar-refractivity contribution < 1.29 is 9.53 Å². The van der Waals surface area contributed by atoms with E-state index in [2.05, 4.69) is 16.4 Å². The van der Waals surface area contributed by atoms with Crippen LogP contribution < -0.4 is 10.1 Å². The minimum atomic E-state index is 0.0663. The first-order valence-electron chi connectivity index (χ1n) is 8.67. The zero-order valence-electron chi connectivity index (χ0n) is 14.0. The highest BCUT2D eigenvalue weighted by atomic mass is 16.5. The molecule has 0 radical (unpaired) electrons. The minimum absolute atomic E-state index is 0.0663. The van der Waals surface area contributed by atoms with Gasteiger partial charge in [-0.1, -0.05) is 30.3 Å². The summed E-state index contributed by atoms with van der Waals surface area (Å²) < 4.78 is 7.79. The van der Waals surface area contributed by atoms with Crippen molar-refractivity contribution in [2.24, 2.45) is 5.92 Å². The second-order valence-corrected chi connectivity index (χ2v) is 6.47. The van der Waals surface area contributed by atoms with Crippen molar-refractivity contribution in [3.05, 3.63) is 60.4 Å². The van der Waals surface area contributed by atoms with Crippen molar-refractivity contribution >= 4 is 16.9 Å². The fourth-order valence-corrected chi connectivity index (χ4v) is 3.28. The zero-order chi connectivity index (χ0) is 17.1. The molecule has 1 atom stereocenters. The molecule has 4 rings (SSSR count). The van der Waals surface area contributed by atoms with Crippen LogP contribution >= 0.6 is 0 Å². The summed E-state index contributed by atoms with van der Waals surface area (Å²) in [6.07, 6.45) is 3.19. The Morgan fingerprint density at radius 1 is 1.20 bits per heavy atom. The van der Waals surface area contributed by atoms with Gasteiger partial charge in [0.15, 0.2) is 0 Å². The summed E-state index contributed by atoms with van der Waals surface area (Å²) in [5, 5.41) is 3.04. The fourth-order valence-electron chi connectivity index (χ4n) is 3.28. The van der Waals surface area contributed by atoms with Crippen LogP contribution in [0.2, 0.25) is 0 Å². The Morgan fingerprint density at radius 3 is 3.00 bits per heavy atom. The fraction of sp³-hybridized carbons (Fsp3) is 0.300. The third kappa shape index (κ3) is 3.50. The molecule has 3 aromatic rings. The molecule has 1 aromatic heterocycles. The lowest BCUT2D eigenvalue weighted by Crippen LogP contribution is -2.35. The molecular formula is C20H21N3O2. The smallest absolute Gasteiger partial charge is 0.221 e. The van der Waals surface area contributed by atoms with Crippen LogP contribution in [0.15, 0.2) is 54.9 Å². The number of amides is 1. The summed E-state index contributed by atoms with van der Waals surface area (Å²) in [6, 6.07) is 16.1. The van der Waals surface area contributed by atoms with Crippen molar-refractivity contribution in [1.82, 2.24) is 14.9 Å². The number of carbonyl (C=O) groups excluding carboxylic acids is 1. The quantitative estimate of drug-likeness (QED) is 0.780. The summed E-state index contributed by atoms with van der Waals surface area (Å²) in [7, 11) is 0. The van der Waals surface area contributed by atoms with Gasteiger partial charge < -0.3 is 14.6 Å². The number of fused-ring (bicyclic) bond motifs is 2. The number of benzene rings is 2. The Balaban J connectivity index is 1.27. The molecule has 1 N–H and O–H groups in total. The van der Waals surface area contributed by atoms with E-state index in [4.69, 9.17) is 4.74 Å². The lowest BCUT2D eigenvalue weighted by molar-refractivity contribution is -0.121. The number of hydrogen-bond donors (Lipinski definition) is 1. The topological polar surface area (TPSA) is 56.2 Å². The van der Waals surface area contributed by atoms with Crippen molar-refractivity contribution in [2.45, 2.75) is 19.4 Å². The Morgan fingerprint density at radius 2 is 2.04 bits per heavy atom. The van der Waals surface area contributed by atoms with Gasteiger partial charge in [-0.2, -0.15) is 0 Å². The molecule has 1 aliphatic heterocycles. The SMILES string of the molecule is O=C(CCn1cnc2ccccc21)NCC1COc2ccccc2C1. The van der Waals surface area contributed by atoms with E-state index in [1.807, 2.05) is 47.0 Å². The van der Waals surface area contributed by atoms with Crippen LogP contribution in [0, 0.1) is 5.92 Å². The van der Waals surface area contributed by atoms with Crippen LogP contribution in [0.4, 0.5) is 0 Å². The van der Waals surface area contributed by atoms with E-state index in [1.165, 1.54) is 5.56 Å². The minimum Gasteiger partial charge on any atom is -0.493 e. The number of aryl methyl sites for hydroxylation is 1. The molecule has 5 nitrogen and oxygen atoms in total. The summed E-state index contributed by atoms with van der Waals surface area (Å²) in [4.78, 5) is 16.5. The standard InChI is InChI=1S/C20H21N3O2/c24-20(9-10-23-14-22-17-6-2-3-7-18(17)23)21-12-15-11-16-5-1-4-8-19(16)25-13-15/h1-8,14-15H,9-13H2,(H,21,24). The predicted octanol–water partition coefficient (Wildman–Crippen LogP) is 2.79. The predicted molar refractivity (Wildman–Crippen MR) is 96.5 cm³/mol. The number of nitrogens with zero attached hydrogens (tertiary/aromatic N) is 2. The van der Waals surface area contributed by atoms with E-state index in [1.54, 1.807) is 6.33 Å². The number of hydrogen-bond acceptors (Lipinski definition) is 3. The van der Waals surface area contributed by atoms with E-state index in [-0.39, 0.29) is 5.91 Å². The molecule has 0 fully saturated rings. The molecule has 2 aromatic carbocycles. The normalized spacial score (nSPS) is 16.2. The third-order valence-corrected chi connectivity index (χ3v) is 4.65. The average molecular weight is 335 g/mol. The van der Waals surface area contributed by atoms with Gasteiger partial charge in [0, 0.05) is 25.4 Å². The number of aromatic nitrogens is 2. The van der Waals surface area contributed by atoms with Gasteiger partial charge in [-0.25, -0.2) is 4.98 Å². The summed E-state index contributed by atoms with van der Waals surface area (Å²) >= 11 is 0. The van der Waals surface area contributed by atoms with Gasteiger partial charge in [0.1, 0.15) is 5.75 Å². The van der Waals surface area contributed by atoms with Crippen LogP contribution in [-0.4, -0.2) is 28.6 Å². The van der Waals surface area contributed by atoms with Crippen molar-refractivity contribution in [1.29, 1.82) is 0 Å². The first-order chi connectivity index (χ1) is 12.3. The van der Waals surface area contributed by atoms with Crippen molar-refractivity contribution in [3.8, 4) is 5.75 Å². The molecule has 0 bridgehead atoms. The van der Waals surface area contributed by atoms with Gasteiger partial charge in [0.25, 0.3) is 0 Å². The highest BCUT2D eigenvalue weighted by molar-refractivity contribution is 5.77. The number of para-hydroxylation sites is 3. The second kappa shape index (κ2) is 6.97. The van der Waals surface area contributed by atoms with Gasteiger partial charge in [-0.3, -0.25) is 4.79 Å². The van der Waals surface area contributed by atoms with Gasteiger partial charge in [-0.15, -0.1) is 0 Å². The molecule has 1 aliphatic rings. The van der Waals surface area contributed by atoms with Gasteiger partial charge >= 0.3 is 0 Å². The molecule has 1 amide bonds. The molecule has 5 heteroatoms. The van der Waals surface area contributed by atoms with Gasteiger partial charge in [0.05, 0.1) is 24.0 Å². The second-order valence-electron chi connectivity index (χ2n) is 6.47. The van der Waals surface area contributed by atoms with Crippen LogP contribution in [-0.2, 0) is 17.8 Å².